The van der Waals surface area contributed by atoms with Gasteiger partial charge in [-0.1, -0.05) is 21.1 Å². The van der Waals surface area contributed by atoms with Gasteiger partial charge >= 0.3 is 0 Å². The van der Waals surface area contributed by atoms with Crippen LogP contribution in [-0.4, -0.2) is 22.9 Å². The topological polar surface area (TPSA) is 62.0 Å². The van der Waals surface area contributed by atoms with Gasteiger partial charge in [0.2, 0.25) is 0 Å². The van der Waals surface area contributed by atoms with Crippen LogP contribution in [-0.2, 0) is 4.79 Å². The highest BCUT2D eigenvalue weighted by Crippen LogP contribution is 2.16. The van der Waals surface area contributed by atoms with Crippen LogP contribution in [0, 0.1) is 0 Å². The summed E-state index contributed by atoms with van der Waals surface area (Å²) >= 11 is 3.29. The van der Waals surface area contributed by atoms with Crippen LogP contribution < -0.4 is 0 Å². The van der Waals surface area contributed by atoms with Crippen molar-refractivity contribution in [2.45, 2.75) is 6.92 Å². The van der Waals surface area contributed by atoms with Crippen LogP contribution in [0.2, 0.25) is 0 Å². The zero-order valence-electron chi connectivity index (χ0n) is 8.01. The predicted octanol–water partition coefficient (Wildman–Crippen LogP) is 2.57. The highest BCUT2D eigenvalue weighted by atomic mass is 79.9. The van der Waals surface area contributed by atoms with Crippen LogP contribution in [0.5, 0.6) is 0 Å². The first-order valence-corrected chi connectivity index (χ1v) is 4.95. The molecule has 0 saturated heterocycles. The van der Waals surface area contributed by atoms with E-state index in [9.17, 15) is 4.79 Å². The Balaban J connectivity index is 2.81. The van der Waals surface area contributed by atoms with Crippen molar-refractivity contribution < 1.29 is 10.0 Å². The molecule has 0 aromatic heterocycles. The number of rotatable bonds is 3. The molecule has 1 aromatic rings. The number of Topliss-reactive ketones (excluding diaryl/α,β-unsaturated/α-hetero) is 1. The van der Waals surface area contributed by atoms with Gasteiger partial charge < -0.3 is 5.21 Å². The van der Waals surface area contributed by atoms with Crippen LogP contribution in [0.1, 0.15) is 6.92 Å². The molecule has 0 amide bonds. The molecule has 1 rings (SSSR count). The average Bonchev–Trinajstić information content (AvgIpc) is 2.21. The van der Waals surface area contributed by atoms with E-state index in [4.69, 9.17) is 5.21 Å². The summed E-state index contributed by atoms with van der Waals surface area (Å²) in [6.07, 6.45) is 1.23. The number of benzene rings is 1. The zero-order valence-corrected chi connectivity index (χ0v) is 9.60. The van der Waals surface area contributed by atoms with Gasteiger partial charge in [0, 0.05) is 11.4 Å². The molecule has 0 atom stereocenters. The third-order valence-corrected chi connectivity index (χ3v) is 2.16. The summed E-state index contributed by atoms with van der Waals surface area (Å²) in [5, 5.41) is 11.3. The number of aliphatic imine (C=N–C) groups is 1. The van der Waals surface area contributed by atoms with Crippen molar-refractivity contribution in [2.24, 2.45) is 10.1 Å². The molecular formula is C10H9BrN2O2. The van der Waals surface area contributed by atoms with E-state index >= 15 is 0 Å². The number of carbonyl (C=O) groups excluding carboxylic acids is 1. The van der Waals surface area contributed by atoms with Gasteiger partial charge in [-0.3, -0.25) is 9.79 Å². The molecule has 0 radical (unpaired) electrons. The van der Waals surface area contributed by atoms with Crippen LogP contribution in [0.15, 0.2) is 38.9 Å². The first kappa shape index (κ1) is 11.6. The molecule has 0 saturated carbocycles. The lowest BCUT2D eigenvalue weighted by Crippen LogP contribution is -2.10. The Hall–Kier alpha value is -1.49. The Labute approximate surface area is 95.5 Å². The first-order chi connectivity index (χ1) is 7.13. The fourth-order valence-corrected chi connectivity index (χ4v) is 1.11. The summed E-state index contributed by atoms with van der Waals surface area (Å²) in [6, 6.07) is 7.21. The highest BCUT2D eigenvalue weighted by Gasteiger charge is 2.01. The second-order valence-corrected chi connectivity index (χ2v) is 3.69. The standard InChI is InChI=1S/C10H9BrN2O2/c1-7(14)10(13-15)6-12-9-4-2-8(11)3-5-9/h2-6,15H,1H3. The van der Waals surface area contributed by atoms with Crippen molar-refractivity contribution in [3.05, 3.63) is 28.7 Å². The van der Waals surface area contributed by atoms with Gasteiger partial charge in [-0.15, -0.1) is 0 Å². The summed E-state index contributed by atoms with van der Waals surface area (Å²) in [5.74, 6) is -0.335. The fourth-order valence-electron chi connectivity index (χ4n) is 0.850. The molecule has 1 aromatic carbocycles. The van der Waals surface area contributed by atoms with Gasteiger partial charge in [0.05, 0.1) is 11.9 Å². The molecule has 0 aliphatic rings. The summed E-state index contributed by atoms with van der Waals surface area (Å²) in [6.45, 7) is 1.31. The van der Waals surface area contributed by atoms with Gasteiger partial charge in [0.25, 0.3) is 0 Å². The summed E-state index contributed by atoms with van der Waals surface area (Å²) in [5.41, 5.74) is 0.610. The Morgan fingerprint density at radius 2 is 2.00 bits per heavy atom. The normalized spacial score (nSPS) is 12.0. The molecule has 15 heavy (non-hydrogen) atoms. The number of nitrogens with zero attached hydrogens (tertiary/aromatic N) is 2. The number of carbonyl (C=O) groups is 1. The minimum Gasteiger partial charge on any atom is -0.410 e. The molecule has 1 N–H and O–H groups in total. The molecule has 0 aliphatic carbocycles. The third-order valence-electron chi connectivity index (χ3n) is 1.63. The first-order valence-electron chi connectivity index (χ1n) is 4.16. The summed E-state index contributed by atoms with van der Waals surface area (Å²) in [4.78, 5) is 14.8. The second kappa shape index (κ2) is 5.41. The minimum absolute atomic E-state index is 0.0714. The van der Waals surface area contributed by atoms with E-state index in [0.717, 1.165) is 4.47 Å². The molecule has 0 aliphatic heterocycles. The van der Waals surface area contributed by atoms with E-state index < -0.39 is 0 Å². The molecule has 0 bridgehead atoms. The van der Waals surface area contributed by atoms with Crippen LogP contribution >= 0.6 is 15.9 Å². The minimum atomic E-state index is -0.335. The van der Waals surface area contributed by atoms with Crippen LogP contribution in [0.3, 0.4) is 0 Å². The van der Waals surface area contributed by atoms with Gasteiger partial charge in [-0.05, 0) is 24.3 Å². The molecule has 0 heterocycles. The molecule has 0 unspecified atom stereocenters. The van der Waals surface area contributed by atoms with Crippen molar-refractivity contribution in [1.29, 1.82) is 0 Å². The number of hydrogen-bond donors (Lipinski definition) is 1. The Kier molecular flexibility index (Phi) is 4.17. The lowest BCUT2D eigenvalue weighted by atomic mass is 10.3. The summed E-state index contributed by atoms with van der Waals surface area (Å²) in [7, 11) is 0. The molecule has 4 nitrogen and oxygen atoms in total. The van der Waals surface area contributed by atoms with E-state index in [0.29, 0.717) is 5.69 Å². The van der Waals surface area contributed by atoms with Gasteiger partial charge in [0.1, 0.15) is 0 Å². The van der Waals surface area contributed by atoms with E-state index in [1.807, 2.05) is 12.1 Å². The van der Waals surface area contributed by atoms with Gasteiger partial charge in [0.15, 0.2) is 11.5 Å². The maximum Gasteiger partial charge on any atom is 0.183 e. The van der Waals surface area contributed by atoms with E-state index in [-0.39, 0.29) is 11.5 Å². The van der Waals surface area contributed by atoms with Crippen molar-refractivity contribution in [2.75, 3.05) is 0 Å². The van der Waals surface area contributed by atoms with Gasteiger partial charge in [-0.2, -0.15) is 0 Å². The summed E-state index contributed by atoms with van der Waals surface area (Å²) < 4.78 is 0.948. The SMILES string of the molecule is CC(=O)C(C=Nc1ccc(Br)cc1)=NO. The number of halogens is 1. The Morgan fingerprint density at radius 3 is 2.47 bits per heavy atom. The Bertz CT molecular complexity index is 410. The van der Waals surface area contributed by atoms with Crippen LogP contribution in [0.4, 0.5) is 5.69 Å². The molecule has 0 fully saturated rings. The average molecular weight is 269 g/mol. The van der Waals surface area contributed by atoms with E-state index in [1.54, 1.807) is 12.1 Å². The maximum atomic E-state index is 10.9. The van der Waals surface area contributed by atoms with Crippen molar-refractivity contribution in [3.63, 3.8) is 0 Å². The number of oxime groups is 1. The Morgan fingerprint density at radius 1 is 1.40 bits per heavy atom. The lowest BCUT2D eigenvalue weighted by Gasteiger charge is -1.93. The highest BCUT2D eigenvalue weighted by molar-refractivity contribution is 9.10. The molecule has 0 spiro atoms. The molecular weight excluding hydrogens is 260 g/mol. The van der Waals surface area contributed by atoms with E-state index in [2.05, 4.69) is 26.1 Å². The van der Waals surface area contributed by atoms with Crippen molar-refractivity contribution in [3.8, 4) is 0 Å². The smallest absolute Gasteiger partial charge is 0.183 e. The van der Waals surface area contributed by atoms with Crippen molar-refractivity contribution >= 4 is 39.3 Å². The second-order valence-electron chi connectivity index (χ2n) is 2.78. The number of ketones is 1. The predicted molar refractivity (Wildman–Crippen MR) is 62.2 cm³/mol. The van der Waals surface area contributed by atoms with Crippen LogP contribution in [0.25, 0.3) is 0 Å². The lowest BCUT2D eigenvalue weighted by molar-refractivity contribution is -0.111. The van der Waals surface area contributed by atoms with E-state index in [1.165, 1.54) is 13.1 Å². The third kappa shape index (κ3) is 3.63. The van der Waals surface area contributed by atoms with Crippen molar-refractivity contribution in [1.82, 2.24) is 0 Å². The monoisotopic (exact) mass is 268 g/mol. The number of hydrogen-bond acceptors (Lipinski definition) is 4. The van der Waals surface area contributed by atoms with Gasteiger partial charge in [-0.25, -0.2) is 0 Å². The largest absolute Gasteiger partial charge is 0.410 e. The fraction of sp³-hybridized carbons (Fsp3) is 0.100. The zero-order chi connectivity index (χ0) is 11.3. The molecule has 5 heteroatoms. The molecule has 78 valence electrons. The quantitative estimate of drug-likeness (QED) is 0.520. The maximum absolute atomic E-state index is 10.9.